The summed E-state index contributed by atoms with van der Waals surface area (Å²) in [5.74, 6) is -3.13. The minimum atomic E-state index is -3.92. The number of ether oxygens (including phenoxy) is 7. The largest absolute Gasteiger partial charge is 0.489 e. The highest BCUT2D eigenvalue weighted by atomic mass is 32.2. The van der Waals surface area contributed by atoms with Gasteiger partial charge in [-0.15, -0.1) is 13.2 Å². The van der Waals surface area contributed by atoms with Gasteiger partial charge in [-0.2, -0.15) is 0 Å². The molecule has 6 aliphatic heterocycles. The highest BCUT2D eigenvalue weighted by Gasteiger charge is 2.63. The van der Waals surface area contributed by atoms with Crippen LogP contribution in [0, 0.1) is 33.5 Å². The highest BCUT2D eigenvalue weighted by molar-refractivity contribution is 7.91. The van der Waals surface area contributed by atoms with Crippen LogP contribution in [-0.2, 0) is 98.7 Å². The Morgan fingerprint density at radius 3 is 1.42 bits per heavy atom. The molecule has 6 aliphatic carbocycles. The number of hydrogen-bond acceptors (Lipinski definition) is 22. The number of carbonyl (C=O) groups is 10. The lowest BCUT2D eigenvalue weighted by atomic mass is 9.85. The molecule has 14 rings (SSSR count). The van der Waals surface area contributed by atoms with Gasteiger partial charge < -0.3 is 64.6 Å². The molecule has 112 heavy (non-hydrogen) atoms. The van der Waals surface area contributed by atoms with Crippen molar-refractivity contribution in [3.8, 4) is 11.5 Å². The topological polar surface area (TPSA) is 403 Å². The van der Waals surface area contributed by atoms with Gasteiger partial charge in [-0.1, -0.05) is 102 Å². The van der Waals surface area contributed by atoms with Gasteiger partial charge in [-0.05, 0) is 124 Å². The number of nitrogens with one attached hydrogen (secondary N) is 5. The summed E-state index contributed by atoms with van der Waals surface area (Å²) in [7, 11) is -6.14. The number of benzene rings is 2. The van der Waals surface area contributed by atoms with Crippen molar-refractivity contribution in [3.63, 3.8) is 0 Å². The first-order valence-corrected chi connectivity index (χ1v) is 41.7. The Bertz CT molecular complexity index is 4350. The van der Waals surface area contributed by atoms with Crippen LogP contribution >= 0.6 is 0 Å². The standard InChI is InChI=1S/C39H51N5O10S.C31H41N3O8.C9H14N2O3S/c1-5-25-19-39(25,34(47)42-55(50,51)27-12-13-27)41-32(45)29-18-26-21-44(29)33(46)31(37(2,3)4)40-35(48)53-23-38(15-16-38)14-7-6-8-17-52-30-11-9-10-24-20-43(22-28(24)30)36(49)54-26;1-30(2,3)25-26(35)34-17-21(15-23(34)27(36)39-4)42-29(38)33-16-20-9-8-10-24(22(20)18-33)40-14-7-5-6-11-31(12-13-31)19-41-28(37)32-25;1-2-6-5-9(6,10)8(12)11-15(13,14)7-3-4-7/h5-6,8-11,25-27,29,31H,1,7,12-23H2,2-4H3,(H,40,48)(H,41,45)(H,42,47);5,7-10,21,23,25H,6,11-19H2,1-4H3,(H,32,37);2,6-7H,1,3-5,10H2,(H,11,12)/b8-6+;7-5+;/t25-,26+,29?,31+,39-;21-,23?,25-;6-,9-/m010/s1. The molecule has 2 aromatic rings. The zero-order valence-electron chi connectivity index (χ0n) is 64.8. The van der Waals surface area contributed by atoms with Crippen LogP contribution in [0.15, 0.2) is 86.0 Å². The van der Waals surface area contributed by atoms with Crippen molar-refractivity contribution in [3.05, 3.63) is 108 Å². The van der Waals surface area contributed by atoms with Crippen molar-refractivity contribution < 1.29 is 97.9 Å². The van der Waals surface area contributed by atoms with Crippen molar-refractivity contribution in [2.75, 3.05) is 46.6 Å². The third-order valence-electron chi connectivity index (χ3n) is 23.4. The van der Waals surface area contributed by atoms with Crippen molar-refractivity contribution in [2.24, 2.45) is 39.2 Å². The summed E-state index contributed by atoms with van der Waals surface area (Å²) in [5, 5.41) is 7.20. The molecule has 2 spiro atoms. The van der Waals surface area contributed by atoms with E-state index in [-0.39, 0.29) is 75.4 Å². The van der Waals surface area contributed by atoms with E-state index in [9.17, 15) is 64.8 Å². The van der Waals surface area contributed by atoms with Gasteiger partial charge in [-0.25, -0.2) is 40.8 Å². The second-order valence-corrected chi connectivity index (χ2v) is 38.1. The quantitative estimate of drug-likeness (QED) is 0.0760. The Morgan fingerprint density at radius 1 is 0.580 bits per heavy atom. The van der Waals surface area contributed by atoms with E-state index < -0.39 is 155 Å². The van der Waals surface area contributed by atoms with Gasteiger partial charge in [0, 0.05) is 59.7 Å². The van der Waals surface area contributed by atoms with Crippen molar-refractivity contribution in [1.29, 1.82) is 0 Å². The molecule has 0 aromatic heterocycles. The van der Waals surface area contributed by atoms with Crippen molar-refractivity contribution in [2.45, 2.75) is 228 Å². The fraction of sp³-hybridized carbons (Fsp3) is 0.620. The van der Waals surface area contributed by atoms with E-state index >= 15 is 0 Å². The summed E-state index contributed by atoms with van der Waals surface area (Å²) in [6.07, 6.45) is 16.7. The van der Waals surface area contributed by atoms with E-state index in [2.05, 4.69) is 46.0 Å². The number of rotatable bonds is 11. The van der Waals surface area contributed by atoms with Crippen LogP contribution in [0.25, 0.3) is 0 Å². The lowest BCUT2D eigenvalue weighted by Gasteiger charge is -2.35. The molecule has 610 valence electrons. The molecule has 12 aliphatic rings. The molecule has 8 fully saturated rings. The molecule has 33 heteroatoms. The fourth-order valence-corrected chi connectivity index (χ4v) is 18.0. The van der Waals surface area contributed by atoms with Crippen LogP contribution in [-0.4, -0.2) is 201 Å². The first kappa shape index (κ1) is 82.2. The Labute approximate surface area is 653 Å². The first-order chi connectivity index (χ1) is 52.9. The highest BCUT2D eigenvalue weighted by Crippen LogP contribution is 2.52. The van der Waals surface area contributed by atoms with E-state index in [0.717, 1.165) is 79.4 Å². The normalized spacial score (nSPS) is 29.6. The summed E-state index contributed by atoms with van der Waals surface area (Å²) in [6.45, 7) is 20.4. The van der Waals surface area contributed by atoms with Crippen LogP contribution in [0.2, 0.25) is 0 Å². The number of cyclic esters (lactones) is 2. The van der Waals surface area contributed by atoms with Crippen molar-refractivity contribution in [1.82, 2.24) is 45.0 Å². The van der Waals surface area contributed by atoms with Crippen molar-refractivity contribution >= 4 is 79.9 Å². The molecule has 31 nitrogen and oxygen atoms in total. The summed E-state index contributed by atoms with van der Waals surface area (Å²) < 4.78 is 92.7. The maximum Gasteiger partial charge on any atom is 0.410 e. The van der Waals surface area contributed by atoms with E-state index in [1.54, 1.807) is 31.7 Å². The van der Waals surface area contributed by atoms with Gasteiger partial charge >= 0.3 is 30.3 Å². The Kier molecular flexibility index (Phi) is 23.7. The number of methoxy groups -OCH3 is 1. The molecule has 9 amide bonds. The number of allylic oxidation sites excluding steroid dienone is 2. The van der Waals surface area contributed by atoms with Gasteiger partial charge in [0.2, 0.25) is 37.8 Å². The minimum Gasteiger partial charge on any atom is -0.489 e. The summed E-state index contributed by atoms with van der Waals surface area (Å²) in [6, 6.07) is 7.13. The second-order valence-electron chi connectivity index (χ2n) is 34.1. The molecule has 7 N–H and O–H groups in total. The second kappa shape index (κ2) is 32.3. The minimum absolute atomic E-state index is 0.00174. The van der Waals surface area contributed by atoms with E-state index in [1.807, 2.05) is 74.0 Å². The van der Waals surface area contributed by atoms with E-state index in [1.165, 1.54) is 27.9 Å². The summed E-state index contributed by atoms with van der Waals surface area (Å²) in [4.78, 5) is 139. The Morgan fingerprint density at radius 2 is 1.02 bits per heavy atom. The smallest absolute Gasteiger partial charge is 0.410 e. The molecule has 0 radical (unpaired) electrons. The monoisotopic (exact) mass is 1590 g/mol. The molecule has 2 saturated heterocycles. The summed E-state index contributed by atoms with van der Waals surface area (Å²) >= 11 is 0. The van der Waals surface area contributed by atoms with Gasteiger partial charge in [0.25, 0.3) is 11.8 Å². The maximum absolute atomic E-state index is 14.5. The molecule has 2 unspecified atom stereocenters. The summed E-state index contributed by atoms with van der Waals surface area (Å²) in [5.41, 5.74) is 5.10. The SMILES string of the molecule is C=C[C@H]1C[C@@]1(N)C(=O)NS(=O)(=O)C1CC1.C=C[C@H]1C[C@@]1(NC(=O)C1C[C@@H]2CN1C(=O)[C@H](C(C)(C)C)NC(=O)OCC1(CC/C=C/COc3cccc4c3CN(C4)C(=O)O2)CC1)C(=O)NS(=O)(=O)C1CC1.COC(=O)C1C[C@@H]2CN1C(=O)[C@H](C(C)(C)C)NC(=O)OCC1(CC/C=C/COc3cccc4c3CN(C4)C(=O)O2)CC1. The lowest BCUT2D eigenvalue weighted by molar-refractivity contribution is -0.152. The average Bonchev–Trinajstić information content (AvgIpc) is 1.58. The number of carbonyl (C=O) groups excluding carboxylic acids is 10. The Hall–Kier alpha value is -9.24. The molecule has 2 aromatic carbocycles. The number of fused-ring (bicyclic) bond motifs is 6. The predicted molar refractivity (Wildman–Crippen MR) is 405 cm³/mol. The number of amides is 9. The number of hydrogen-bond donors (Lipinski definition) is 6. The molecule has 10 atom stereocenters. The zero-order valence-corrected chi connectivity index (χ0v) is 66.4. The third-order valence-corrected chi connectivity index (χ3v) is 27.0. The van der Waals surface area contributed by atoms with E-state index in [4.69, 9.17) is 38.9 Å². The number of esters is 1. The maximum atomic E-state index is 14.5. The van der Waals surface area contributed by atoms with Crippen LogP contribution in [0.4, 0.5) is 19.2 Å². The van der Waals surface area contributed by atoms with Gasteiger partial charge in [0.15, 0.2) is 0 Å². The molecule has 8 bridgehead atoms. The number of nitrogens with two attached hydrogens (primary N) is 1. The number of alkyl carbamates (subject to hydrolysis) is 2. The van der Waals surface area contributed by atoms with Gasteiger partial charge in [0.1, 0.15) is 72.2 Å². The van der Waals surface area contributed by atoms with Crippen LogP contribution in [0.3, 0.4) is 0 Å². The third kappa shape index (κ3) is 19.0. The molecule has 6 heterocycles. The van der Waals surface area contributed by atoms with Gasteiger partial charge in [0.05, 0.1) is 57.0 Å². The number of nitrogens with zero attached hydrogens (tertiary/aromatic N) is 4. The van der Waals surface area contributed by atoms with E-state index in [0.29, 0.717) is 64.2 Å². The predicted octanol–water partition coefficient (Wildman–Crippen LogP) is 6.86. The van der Waals surface area contributed by atoms with Crippen LogP contribution < -0.4 is 40.6 Å². The van der Waals surface area contributed by atoms with Crippen LogP contribution in [0.5, 0.6) is 11.5 Å². The number of sulfonamides is 2. The molecular weight excluding hydrogens is 1490 g/mol. The lowest BCUT2D eigenvalue weighted by Crippen LogP contribution is -2.60. The zero-order chi connectivity index (χ0) is 80.7. The fourth-order valence-electron chi connectivity index (χ4n) is 15.3. The van der Waals surface area contributed by atoms with Gasteiger partial charge in [-0.3, -0.25) is 43.2 Å². The molecule has 6 saturated carbocycles. The average molecular weight is 1600 g/mol. The first-order valence-electron chi connectivity index (χ1n) is 38.7. The Balaban J connectivity index is 0.000000179. The molecular formula is C79H106N10O21S2. The van der Waals surface area contributed by atoms with Crippen LogP contribution in [0.1, 0.15) is 167 Å².